The molecule has 0 fully saturated rings. The molecule has 0 aromatic heterocycles. The Bertz CT molecular complexity index is 512. The van der Waals surface area contributed by atoms with Gasteiger partial charge in [0.1, 0.15) is 0 Å². The van der Waals surface area contributed by atoms with Crippen LogP contribution in [0.1, 0.15) is 27.2 Å². The van der Waals surface area contributed by atoms with Gasteiger partial charge in [-0.15, -0.1) is 0 Å². The number of hydrogen-bond donors (Lipinski definition) is 2. The smallest absolute Gasteiger partial charge is 0.240 e. The lowest BCUT2D eigenvalue weighted by Gasteiger charge is -2.21. The molecule has 0 aliphatic heterocycles. The molecule has 2 N–H and O–H groups in total. The van der Waals surface area contributed by atoms with Gasteiger partial charge in [-0.25, -0.2) is 13.1 Å². The summed E-state index contributed by atoms with van der Waals surface area (Å²) in [5.41, 5.74) is 0.932. The lowest BCUT2D eigenvalue weighted by Crippen LogP contribution is -2.31. The molecule has 0 unspecified atom stereocenters. The van der Waals surface area contributed by atoms with Crippen LogP contribution in [0.5, 0.6) is 0 Å². The van der Waals surface area contributed by atoms with E-state index in [0.29, 0.717) is 17.5 Å². The highest BCUT2D eigenvalue weighted by molar-refractivity contribution is 7.89. The maximum Gasteiger partial charge on any atom is 0.240 e. The van der Waals surface area contributed by atoms with Gasteiger partial charge in [0.25, 0.3) is 0 Å². The van der Waals surface area contributed by atoms with E-state index in [4.69, 9.17) is 0 Å². The summed E-state index contributed by atoms with van der Waals surface area (Å²) in [6, 6.07) is 7.38. The van der Waals surface area contributed by atoms with Crippen LogP contribution >= 0.6 is 0 Å². The zero-order valence-electron chi connectivity index (χ0n) is 13.4. The summed E-state index contributed by atoms with van der Waals surface area (Å²) in [5.74, 6) is 0. The molecule has 1 aromatic carbocycles. The Morgan fingerprint density at radius 3 is 2.29 bits per heavy atom. The number of benzene rings is 1. The molecule has 1 rings (SSSR count). The minimum atomic E-state index is -3.37. The standard InChI is InChI=1S/C15H27N3O2S/c1-5-10-17-21(19,20)15-8-6-14(7-9-15)16-11-12-18(4)13(2)3/h6-9,13,16-17H,5,10-12H2,1-4H3. The molecule has 0 saturated heterocycles. The lowest BCUT2D eigenvalue weighted by atomic mass is 10.3. The first-order valence-electron chi connectivity index (χ1n) is 7.40. The van der Waals surface area contributed by atoms with Gasteiger partial charge < -0.3 is 10.2 Å². The number of nitrogens with one attached hydrogen (secondary N) is 2. The van der Waals surface area contributed by atoms with E-state index < -0.39 is 10.0 Å². The first kappa shape index (κ1) is 17.9. The van der Waals surface area contributed by atoms with Gasteiger partial charge in [0.15, 0.2) is 0 Å². The third kappa shape index (κ3) is 6.03. The number of nitrogens with zero attached hydrogens (tertiary/aromatic N) is 1. The maximum atomic E-state index is 11.9. The topological polar surface area (TPSA) is 61.4 Å². The molecule has 0 aliphatic carbocycles. The number of sulfonamides is 1. The second-order valence-corrected chi connectivity index (χ2v) is 7.19. The van der Waals surface area contributed by atoms with Crippen LogP contribution in [-0.4, -0.2) is 46.0 Å². The van der Waals surface area contributed by atoms with Crippen molar-refractivity contribution in [3.8, 4) is 0 Å². The van der Waals surface area contributed by atoms with Crippen LogP contribution in [-0.2, 0) is 10.0 Å². The lowest BCUT2D eigenvalue weighted by molar-refractivity contribution is 0.284. The van der Waals surface area contributed by atoms with E-state index in [1.54, 1.807) is 24.3 Å². The Hall–Kier alpha value is -1.11. The van der Waals surface area contributed by atoms with E-state index in [1.165, 1.54) is 0 Å². The van der Waals surface area contributed by atoms with Crippen molar-refractivity contribution >= 4 is 15.7 Å². The Kier molecular flexibility index (Phi) is 7.14. The third-order valence-corrected chi connectivity index (χ3v) is 4.86. The monoisotopic (exact) mass is 313 g/mol. The van der Waals surface area contributed by atoms with Crippen molar-refractivity contribution in [1.82, 2.24) is 9.62 Å². The minimum absolute atomic E-state index is 0.306. The molecule has 0 radical (unpaired) electrons. The van der Waals surface area contributed by atoms with Gasteiger partial charge >= 0.3 is 0 Å². The van der Waals surface area contributed by atoms with Gasteiger partial charge in [0.05, 0.1) is 4.90 Å². The van der Waals surface area contributed by atoms with E-state index in [2.05, 4.69) is 35.8 Å². The highest BCUT2D eigenvalue weighted by Gasteiger charge is 2.12. The number of anilines is 1. The summed E-state index contributed by atoms with van der Waals surface area (Å²) in [6.45, 7) is 8.48. The largest absolute Gasteiger partial charge is 0.384 e. The van der Waals surface area contributed by atoms with Gasteiger partial charge in [-0.3, -0.25) is 0 Å². The van der Waals surface area contributed by atoms with Gasteiger partial charge in [-0.1, -0.05) is 6.92 Å². The molecule has 21 heavy (non-hydrogen) atoms. The molecule has 0 bridgehead atoms. The van der Waals surface area contributed by atoms with Crippen molar-refractivity contribution in [2.24, 2.45) is 0 Å². The van der Waals surface area contributed by atoms with Crippen LogP contribution in [0.15, 0.2) is 29.2 Å². The molecule has 0 atom stereocenters. The van der Waals surface area contributed by atoms with Crippen molar-refractivity contribution in [3.05, 3.63) is 24.3 Å². The summed E-state index contributed by atoms with van der Waals surface area (Å²) in [5, 5.41) is 3.30. The van der Waals surface area contributed by atoms with Gasteiger partial charge in [0, 0.05) is 31.4 Å². The van der Waals surface area contributed by atoms with E-state index in [-0.39, 0.29) is 0 Å². The van der Waals surface area contributed by atoms with Crippen molar-refractivity contribution in [1.29, 1.82) is 0 Å². The zero-order valence-corrected chi connectivity index (χ0v) is 14.2. The molecule has 1 aromatic rings. The highest BCUT2D eigenvalue weighted by atomic mass is 32.2. The van der Waals surface area contributed by atoms with Crippen molar-refractivity contribution in [2.45, 2.75) is 38.1 Å². The van der Waals surface area contributed by atoms with Crippen molar-refractivity contribution in [3.63, 3.8) is 0 Å². The highest BCUT2D eigenvalue weighted by Crippen LogP contribution is 2.13. The summed E-state index contributed by atoms with van der Waals surface area (Å²) in [4.78, 5) is 2.56. The molecule has 0 amide bonds. The van der Waals surface area contributed by atoms with E-state index in [9.17, 15) is 8.42 Å². The molecule has 0 aliphatic rings. The summed E-state index contributed by atoms with van der Waals surface area (Å²) < 4.78 is 26.4. The predicted molar refractivity (Wildman–Crippen MR) is 88.2 cm³/mol. The van der Waals surface area contributed by atoms with Crippen LogP contribution in [0, 0.1) is 0 Å². The number of hydrogen-bond acceptors (Lipinski definition) is 4. The predicted octanol–water partition coefficient (Wildman–Crippen LogP) is 2.13. The Morgan fingerprint density at radius 2 is 1.76 bits per heavy atom. The van der Waals surface area contributed by atoms with Crippen molar-refractivity contribution < 1.29 is 8.42 Å². The Balaban J connectivity index is 2.54. The van der Waals surface area contributed by atoms with Crippen LogP contribution in [0.25, 0.3) is 0 Å². The number of likely N-dealkylation sites (N-methyl/N-ethyl adjacent to an activating group) is 1. The number of rotatable bonds is 9. The average Bonchev–Trinajstić information content (AvgIpc) is 2.45. The first-order valence-corrected chi connectivity index (χ1v) is 8.89. The molecule has 6 heteroatoms. The fraction of sp³-hybridized carbons (Fsp3) is 0.600. The minimum Gasteiger partial charge on any atom is -0.384 e. The van der Waals surface area contributed by atoms with Gasteiger partial charge in [-0.05, 0) is 51.6 Å². The fourth-order valence-electron chi connectivity index (χ4n) is 1.71. The summed E-state index contributed by atoms with van der Waals surface area (Å²) >= 11 is 0. The van der Waals surface area contributed by atoms with Gasteiger partial charge in [-0.2, -0.15) is 0 Å². The SMILES string of the molecule is CCCNS(=O)(=O)c1ccc(NCCN(C)C(C)C)cc1. The molecular weight excluding hydrogens is 286 g/mol. The van der Waals surface area contributed by atoms with E-state index in [0.717, 1.165) is 25.2 Å². The Labute approximate surface area is 128 Å². The fourth-order valence-corrected chi connectivity index (χ4v) is 2.84. The second kappa shape index (κ2) is 8.36. The normalized spacial score (nSPS) is 12.1. The molecule has 0 spiro atoms. The van der Waals surface area contributed by atoms with E-state index >= 15 is 0 Å². The molecule has 5 nitrogen and oxygen atoms in total. The van der Waals surface area contributed by atoms with Crippen molar-refractivity contribution in [2.75, 3.05) is 32.0 Å². The van der Waals surface area contributed by atoms with Crippen LogP contribution in [0.3, 0.4) is 0 Å². The quantitative estimate of drug-likeness (QED) is 0.733. The third-order valence-electron chi connectivity index (χ3n) is 3.38. The molecule has 120 valence electrons. The average molecular weight is 313 g/mol. The molecular formula is C15H27N3O2S. The summed E-state index contributed by atoms with van der Waals surface area (Å²) in [7, 11) is -1.29. The molecule has 0 saturated carbocycles. The summed E-state index contributed by atoms with van der Waals surface area (Å²) in [6.07, 6.45) is 0.780. The van der Waals surface area contributed by atoms with Crippen LogP contribution in [0.2, 0.25) is 0 Å². The maximum absolute atomic E-state index is 11.9. The van der Waals surface area contributed by atoms with Crippen LogP contribution in [0.4, 0.5) is 5.69 Å². The van der Waals surface area contributed by atoms with Crippen LogP contribution < -0.4 is 10.0 Å². The van der Waals surface area contributed by atoms with Gasteiger partial charge in [0.2, 0.25) is 10.0 Å². The molecule has 0 heterocycles. The Morgan fingerprint density at radius 1 is 1.14 bits per heavy atom. The first-order chi connectivity index (χ1) is 9.86. The zero-order chi connectivity index (χ0) is 15.9. The van der Waals surface area contributed by atoms with E-state index in [1.807, 2.05) is 6.92 Å². The second-order valence-electron chi connectivity index (χ2n) is 5.42.